The second-order valence-electron chi connectivity index (χ2n) is 11.9. The molecule has 1 aliphatic heterocycles. The van der Waals surface area contributed by atoms with Crippen molar-refractivity contribution in [1.29, 1.82) is 0 Å². The van der Waals surface area contributed by atoms with Crippen LogP contribution in [0.15, 0.2) is 75.6 Å². The standard InChI is InChI=1S/C33H36N6O7S2/c1-20(2)14-25-32-38-27(19-47-32)29(41)34-12-13-39(33(43)22-10-7-11-23(16-22)48(3,44)45)17-28(40)35-24(15-21-8-5-4-6-9-21)31-37-26(18-46-31)30(42)36-25/h4-11,16,18-20,24-25H,12-15,17H2,1-3H3,(H,34,41)(H,35,40)(H,36,42)/t24-,25-/m0/s1. The maximum atomic E-state index is 13.7. The van der Waals surface area contributed by atoms with Gasteiger partial charge in [-0.25, -0.2) is 18.4 Å². The van der Waals surface area contributed by atoms with E-state index in [4.69, 9.17) is 4.42 Å². The van der Waals surface area contributed by atoms with E-state index in [2.05, 4.69) is 25.9 Å². The fourth-order valence-electron chi connectivity index (χ4n) is 5.18. The summed E-state index contributed by atoms with van der Waals surface area (Å²) < 4.78 is 30.1. The minimum atomic E-state index is -3.61. The molecule has 0 aliphatic carbocycles. The average molecular weight is 693 g/mol. The minimum absolute atomic E-state index is 0.00395. The van der Waals surface area contributed by atoms with Gasteiger partial charge in [0.05, 0.1) is 17.5 Å². The molecule has 4 amide bonds. The SMILES string of the molecule is CC(C)C[C@@H]1NC(=O)c2coc(n2)[C@H](Cc2ccccc2)NC(=O)CN(C(=O)c2cccc(S(C)(=O)=O)c2)CCNC(=O)c2csc1n2. The lowest BCUT2D eigenvalue weighted by molar-refractivity contribution is -0.122. The highest BCUT2D eigenvalue weighted by Crippen LogP contribution is 2.26. The number of oxazole rings is 1. The number of nitrogens with zero attached hydrogens (tertiary/aromatic N) is 3. The Balaban J connectivity index is 1.50. The molecular weight excluding hydrogens is 657 g/mol. The highest BCUT2D eigenvalue weighted by atomic mass is 32.2. The summed E-state index contributed by atoms with van der Waals surface area (Å²) in [7, 11) is -3.61. The Labute approximate surface area is 282 Å². The zero-order chi connectivity index (χ0) is 34.4. The van der Waals surface area contributed by atoms with Gasteiger partial charge in [-0.15, -0.1) is 11.3 Å². The Morgan fingerprint density at radius 3 is 2.50 bits per heavy atom. The molecule has 0 fully saturated rings. The van der Waals surface area contributed by atoms with E-state index in [1.165, 1.54) is 46.8 Å². The van der Waals surface area contributed by atoms with Crippen LogP contribution >= 0.6 is 11.3 Å². The van der Waals surface area contributed by atoms with Gasteiger partial charge in [0.25, 0.3) is 17.7 Å². The predicted octanol–water partition coefficient (Wildman–Crippen LogP) is 3.34. The van der Waals surface area contributed by atoms with E-state index in [9.17, 15) is 27.6 Å². The van der Waals surface area contributed by atoms with Gasteiger partial charge in [-0.2, -0.15) is 0 Å². The Hall–Kier alpha value is -4.89. The van der Waals surface area contributed by atoms with Crippen molar-refractivity contribution < 1.29 is 32.0 Å². The molecule has 5 rings (SSSR count). The number of nitrogens with one attached hydrogen (secondary N) is 3. The Bertz CT molecular complexity index is 1910. The zero-order valence-electron chi connectivity index (χ0n) is 26.6. The molecule has 252 valence electrons. The van der Waals surface area contributed by atoms with Crippen molar-refractivity contribution in [2.45, 2.75) is 43.7 Å². The minimum Gasteiger partial charge on any atom is -0.446 e. The summed E-state index contributed by atoms with van der Waals surface area (Å²) in [4.78, 5) is 63.8. The van der Waals surface area contributed by atoms with Crippen LogP contribution < -0.4 is 16.0 Å². The van der Waals surface area contributed by atoms with E-state index in [1.807, 2.05) is 44.2 Å². The van der Waals surface area contributed by atoms with E-state index in [1.54, 1.807) is 5.38 Å². The van der Waals surface area contributed by atoms with Gasteiger partial charge in [0, 0.05) is 36.7 Å². The molecule has 0 saturated heterocycles. The molecular formula is C33H36N6O7S2. The molecule has 0 unspecified atom stereocenters. The van der Waals surface area contributed by atoms with Crippen molar-refractivity contribution in [1.82, 2.24) is 30.8 Å². The monoisotopic (exact) mass is 692 g/mol. The van der Waals surface area contributed by atoms with E-state index >= 15 is 0 Å². The topological polar surface area (TPSA) is 181 Å². The summed E-state index contributed by atoms with van der Waals surface area (Å²) >= 11 is 1.24. The van der Waals surface area contributed by atoms with Gasteiger partial charge in [-0.05, 0) is 36.1 Å². The van der Waals surface area contributed by atoms with Crippen LogP contribution in [0, 0.1) is 5.92 Å². The molecule has 4 bridgehead atoms. The summed E-state index contributed by atoms with van der Waals surface area (Å²) in [5.41, 5.74) is 1.06. The van der Waals surface area contributed by atoms with Crippen molar-refractivity contribution in [3.05, 3.63) is 99.7 Å². The number of amides is 4. The number of thiazole rings is 1. The van der Waals surface area contributed by atoms with Crippen LogP contribution in [0.25, 0.3) is 0 Å². The van der Waals surface area contributed by atoms with Gasteiger partial charge in [-0.3, -0.25) is 19.2 Å². The van der Waals surface area contributed by atoms with Crippen molar-refractivity contribution in [2.24, 2.45) is 5.92 Å². The van der Waals surface area contributed by atoms with E-state index in [0.717, 1.165) is 11.8 Å². The number of sulfone groups is 1. The molecule has 0 saturated carbocycles. The molecule has 1 aliphatic rings. The zero-order valence-corrected chi connectivity index (χ0v) is 28.3. The highest BCUT2D eigenvalue weighted by molar-refractivity contribution is 7.90. The van der Waals surface area contributed by atoms with Crippen molar-refractivity contribution in [3.8, 4) is 0 Å². The van der Waals surface area contributed by atoms with Crippen LogP contribution in [-0.4, -0.2) is 72.8 Å². The van der Waals surface area contributed by atoms with Crippen LogP contribution in [0.3, 0.4) is 0 Å². The van der Waals surface area contributed by atoms with Gasteiger partial charge in [0.15, 0.2) is 15.5 Å². The molecule has 2 aromatic heterocycles. The quantitative estimate of drug-likeness (QED) is 0.273. The summed E-state index contributed by atoms with van der Waals surface area (Å²) in [6, 6.07) is 13.5. The first-order valence-corrected chi connectivity index (χ1v) is 18.1. The second kappa shape index (κ2) is 14.9. The summed E-state index contributed by atoms with van der Waals surface area (Å²) in [5, 5.41) is 10.7. The van der Waals surface area contributed by atoms with Gasteiger partial charge >= 0.3 is 0 Å². The fourth-order valence-corrected chi connectivity index (χ4v) is 6.71. The van der Waals surface area contributed by atoms with Gasteiger partial charge < -0.3 is 25.3 Å². The number of fused-ring (bicyclic) bond motifs is 4. The van der Waals surface area contributed by atoms with E-state index in [0.29, 0.717) is 11.4 Å². The predicted molar refractivity (Wildman–Crippen MR) is 177 cm³/mol. The third-order valence-electron chi connectivity index (χ3n) is 7.53. The molecule has 2 aromatic carbocycles. The summed E-state index contributed by atoms with van der Waals surface area (Å²) in [5.74, 6) is -1.89. The number of benzene rings is 2. The first kappa shape index (κ1) is 34.4. The number of hydrogen-bond acceptors (Lipinski definition) is 10. The van der Waals surface area contributed by atoms with Crippen molar-refractivity contribution in [2.75, 3.05) is 25.9 Å². The molecule has 3 N–H and O–H groups in total. The molecule has 2 atom stereocenters. The molecule has 0 radical (unpaired) electrons. The number of aromatic nitrogens is 2. The fraction of sp³-hybridized carbons (Fsp3) is 0.333. The third kappa shape index (κ3) is 8.72. The first-order valence-electron chi connectivity index (χ1n) is 15.3. The Kier molecular flexibility index (Phi) is 10.7. The third-order valence-corrected chi connectivity index (χ3v) is 9.60. The first-order chi connectivity index (χ1) is 22.9. The van der Waals surface area contributed by atoms with Crippen LogP contribution in [0.4, 0.5) is 0 Å². The van der Waals surface area contributed by atoms with Gasteiger partial charge in [0.2, 0.25) is 11.8 Å². The molecule has 0 spiro atoms. The van der Waals surface area contributed by atoms with Gasteiger partial charge in [0.1, 0.15) is 23.0 Å². The number of hydrogen-bond donors (Lipinski definition) is 3. The van der Waals surface area contributed by atoms with Crippen LogP contribution in [0.5, 0.6) is 0 Å². The van der Waals surface area contributed by atoms with Crippen LogP contribution in [0.1, 0.15) is 80.1 Å². The molecule has 4 aromatic rings. The maximum absolute atomic E-state index is 13.7. The lowest BCUT2D eigenvalue weighted by Gasteiger charge is -2.24. The highest BCUT2D eigenvalue weighted by Gasteiger charge is 2.28. The van der Waals surface area contributed by atoms with Crippen molar-refractivity contribution >= 4 is 44.8 Å². The average Bonchev–Trinajstić information content (AvgIpc) is 3.74. The van der Waals surface area contributed by atoms with Crippen LogP contribution in [-0.2, 0) is 21.1 Å². The largest absolute Gasteiger partial charge is 0.446 e. The smallest absolute Gasteiger partial charge is 0.273 e. The van der Waals surface area contributed by atoms with E-state index in [-0.39, 0.29) is 53.2 Å². The number of carbonyl (C=O) groups is 4. The second-order valence-corrected chi connectivity index (χ2v) is 14.8. The lowest BCUT2D eigenvalue weighted by Crippen LogP contribution is -2.45. The Morgan fingerprint density at radius 2 is 1.77 bits per heavy atom. The number of carbonyl (C=O) groups excluding carboxylic acids is 4. The molecule has 15 heteroatoms. The summed E-state index contributed by atoms with van der Waals surface area (Å²) in [6.07, 6.45) is 3.08. The summed E-state index contributed by atoms with van der Waals surface area (Å²) in [6.45, 7) is 3.48. The molecule has 48 heavy (non-hydrogen) atoms. The maximum Gasteiger partial charge on any atom is 0.273 e. The van der Waals surface area contributed by atoms with Crippen molar-refractivity contribution in [3.63, 3.8) is 0 Å². The number of rotatable bonds is 6. The molecule has 3 heterocycles. The normalized spacial score (nSPS) is 18.0. The molecule has 13 nitrogen and oxygen atoms in total. The Morgan fingerprint density at radius 1 is 1.00 bits per heavy atom. The lowest BCUT2D eigenvalue weighted by atomic mass is 10.0. The van der Waals surface area contributed by atoms with Gasteiger partial charge in [-0.1, -0.05) is 50.2 Å². The van der Waals surface area contributed by atoms with E-state index < -0.39 is 52.1 Å². The van der Waals surface area contributed by atoms with Crippen LogP contribution in [0.2, 0.25) is 0 Å².